The third-order valence-electron chi connectivity index (χ3n) is 20.9. The van der Waals surface area contributed by atoms with Crippen LogP contribution >= 0.6 is 15.6 Å². The molecule has 0 radical (unpaired) electrons. The fourth-order valence-corrected chi connectivity index (χ4v) is 15.2. The van der Waals surface area contributed by atoms with Crippen molar-refractivity contribution in [2.45, 2.75) is 490 Å². The van der Waals surface area contributed by atoms with Crippen LogP contribution in [0.2, 0.25) is 0 Å². The van der Waals surface area contributed by atoms with Gasteiger partial charge in [0.1, 0.15) is 19.3 Å². The third kappa shape index (κ3) is 78.7. The van der Waals surface area contributed by atoms with E-state index in [4.69, 9.17) is 37.0 Å². The maximum atomic E-state index is 13.1. The fraction of sp³-hybridized carbons (Fsp3) is 0.954. The van der Waals surface area contributed by atoms with E-state index in [-0.39, 0.29) is 25.7 Å². The molecule has 0 aliphatic rings. The van der Waals surface area contributed by atoms with Gasteiger partial charge in [-0.25, -0.2) is 9.13 Å². The molecule has 0 saturated carbocycles. The summed E-state index contributed by atoms with van der Waals surface area (Å²) in [7, 11) is -9.92. The number of esters is 4. The van der Waals surface area contributed by atoms with Gasteiger partial charge in [-0.3, -0.25) is 37.3 Å². The molecular formula is C87H170O17P2. The average Bonchev–Trinajstić information content (AvgIpc) is 0.910. The van der Waals surface area contributed by atoms with Gasteiger partial charge >= 0.3 is 39.5 Å². The maximum absolute atomic E-state index is 13.1. The Morgan fingerprint density at radius 1 is 0.264 bits per heavy atom. The second-order valence-electron chi connectivity index (χ2n) is 31.5. The molecule has 19 heteroatoms. The Bertz CT molecular complexity index is 2020. The number of carbonyl (C=O) groups excluding carboxylic acids is 4. The van der Waals surface area contributed by atoms with Crippen molar-refractivity contribution in [3.05, 3.63) is 0 Å². The minimum Gasteiger partial charge on any atom is -0.462 e. The summed E-state index contributed by atoms with van der Waals surface area (Å²) in [4.78, 5) is 72.9. The van der Waals surface area contributed by atoms with E-state index in [9.17, 15) is 43.2 Å². The quantitative estimate of drug-likeness (QED) is 0.0222. The number of aliphatic hydroxyl groups is 1. The Morgan fingerprint density at radius 2 is 0.453 bits per heavy atom. The number of unbranched alkanes of at least 4 members (excludes halogenated alkanes) is 58. The molecule has 0 rings (SSSR count). The first-order valence-corrected chi connectivity index (χ1v) is 48.2. The van der Waals surface area contributed by atoms with E-state index in [1.54, 1.807) is 0 Å². The lowest BCUT2D eigenvalue weighted by atomic mass is 9.99. The van der Waals surface area contributed by atoms with E-state index in [1.165, 1.54) is 289 Å². The van der Waals surface area contributed by atoms with Gasteiger partial charge in [0.2, 0.25) is 0 Å². The van der Waals surface area contributed by atoms with Crippen LogP contribution < -0.4 is 0 Å². The number of hydrogen-bond donors (Lipinski definition) is 3. The first kappa shape index (κ1) is 104. The van der Waals surface area contributed by atoms with Crippen LogP contribution in [0.25, 0.3) is 0 Å². The van der Waals surface area contributed by atoms with Gasteiger partial charge in [0, 0.05) is 25.7 Å². The topological polar surface area (TPSA) is 237 Å². The molecular weight excluding hydrogens is 1380 g/mol. The van der Waals surface area contributed by atoms with Crippen LogP contribution in [0, 0.1) is 5.92 Å². The van der Waals surface area contributed by atoms with Gasteiger partial charge in [0.25, 0.3) is 0 Å². The van der Waals surface area contributed by atoms with Crippen molar-refractivity contribution in [3.63, 3.8) is 0 Å². The second kappa shape index (κ2) is 79.7. The Balaban J connectivity index is 5.09. The molecule has 17 nitrogen and oxygen atoms in total. The van der Waals surface area contributed by atoms with Gasteiger partial charge in [0.05, 0.1) is 26.4 Å². The van der Waals surface area contributed by atoms with Crippen LogP contribution in [0.5, 0.6) is 0 Å². The van der Waals surface area contributed by atoms with E-state index in [2.05, 4.69) is 34.6 Å². The molecule has 0 bridgehead atoms. The van der Waals surface area contributed by atoms with Gasteiger partial charge in [-0.15, -0.1) is 0 Å². The Labute approximate surface area is 651 Å². The lowest BCUT2D eigenvalue weighted by molar-refractivity contribution is -0.161. The zero-order chi connectivity index (χ0) is 77.6. The summed E-state index contributed by atoms with van der Waals surface area (Å²) in [6.45, 7) is 7.34. The molecule has 0 aromatic rings. The third-order valence-corrected chi connectivity index (χ3v) is 22.8. The molecule has 0 aromatic carbocycles. The molecule has 0 aliphatic heterocycles. The van der Waals surface area contributed by atoms with Gasteiger partial charge in [-0.05, 0) is 31.6 Å². The van der Waals surface area contributed by atoms with Crippen molar-refractivity contribution in [3.8, 4) is 0 Å². The molecule has 6 atom stereocenters. The van der Waals surface area contributed by atoms with Crippen LogP contribution in [0.15, 0.2) is 0 Å². The van der Waals surface area contributed by atoms with Crippen molar-refractivity contribution in [2.24, 2.45) is 5.92 Å². The van der Waals surface area contributed by atoms with E-state index in [1.807, 2.05) is 0 Å². The molecule has 0 saturated heterocycles. The van der Waals surface area contributed by atoms with Crippen molar-refractivity contribution >= 4 is 39.5 Å². The smallest absolute Gasteiger partial charge is 0.462 e. The average molecular weight is 1550 g/mol. The minimum absolute atomic E-state index is 0.108. The molecule has 3 unspecified atom stereocenters. The number of aliphatic hydroxyl groups excluding tert-OH is 1. The van der Waals surface area contributed by atoms with Crippen molar-refractivity contribution in [1.82, 2.24) is 0 Å². The number of carbonyl (C=O) groups is 4. The normalized spacial score (nSPS) is 14.0. The maximum Gasteiger partial charge on any atom is 0.472 e. The molecule has 0 fully saturated rings. The zero-order valence-electron chi connectivity index (χ0n) is 69.6. The lowest BCUT2D eigenvalue weighted by Crippen LogP contribution is -2.30. The van der Waals surface area contributed by atoms with Crippen LogP contribution in [0.3, 0.4) is 0 Å². The van der Waals surface area contributed by atoms with Crippen molar-refractivity contribution in [1.29, 1.82) is 0 Å². The van der Waals surface area contributed by atoms with E-state index >= 15 is 0 Å². The number of phosphoric acid groups is 2. The molecule has 0 aromatic heterocycles. The molecule has 106 heavy (non-hydrogen) atoms. The van der Waals surface area contributed by atoms with Gasteiger partial charge in [-0.1, -0.05) is 420 Å². The second-order valence-corrected chi connectivity index (χ2v) is 34.4. The summed E-state index contributed by atoms with van der Waals surface area (Å²) < 4.78 is 68.7. The molecule has 0 heterocycles. The van der Waals surface area contributed by atoms with E-state index in [0.29, 0.717) is 25.7 Å². The first-order valence-electron chi connectivity index (χ1n) is 45.2. The van der Waals surface area contributed by atoms with Gasteiger partial charge < -0.3 is 33.8 Å². The van der Waals surface area contributed by atoms with Crippen LogP contribution in [0.4, 0.5) is 0 Å². The number of rotatable bonds is 87. The largest absolute Gasteiger partial charge is 0.472 e. The molecule has 0 amide bonds. The zero-order valence-corrected chi connectivity index (χ0v) is 71.4. The minimum atomic E-state index is -4.96. The van der Waals surface area contributed by atoms with Crippen molar-refractivity contribution < 1.29 is 80.2 Å². The highest BCUT2D eigenvalue weighted by molar-refractivity contribution is 7.47. The highest BCUT2D eigenvalue weighted by Gasteiger charge is 2.30. The first-order chi connectivity index (χ1) is 51.6. The molecule has 0 spiro atoms. The highest BCUT2D eigenvalue weighted by Crippen LogP contribution is 2.45. The van der Waals surface area contributed by atoms with Crippen LogP contribution in [-0.2, 0) is 65.4 Å². The summed E-state index contributed by atoms with van der Waals surface area (Å²) in [6, 6.07) is 0. The summed E-state index contributed by atoms with van der Waals surface area (Å²) in [5.74, 6) is -1.24. The van der Waals surface area contributed by atoms with Gasteiger partial charge in [-0.2, -0.15) is 0 Å². The molecule has 0 aliphatic carbocycles. The van der Waals surface area contributed by atoms with Crippen LogP contribution in [0.1, 0.15) is 471 Å². The fourth-order valence-electron chi connectivity index (χ4n) is 13.6. The van der Waals surface area contributed by atoms with E-state index < -0.39 is 97.5 Å². The Kier molecular flexibility index (Phi) is 78.2. The number of hydrogen-bond acceptors (Lipinski definition) is 15. The predicted molar refractivity (Wildman–Crippen MR) is 437 cm³/mol. The number of phosphoric ester groups is 2. The van der Waals surface area contributed by atoms with E-state index in [0.717, 1.165) is 102 Å². The lowest BCUT2D eigenvalue weighted by Gasteiger charge is -2.21. The summed E-state index contributed by atoms with van der Waals surface area (Å²) in [6.07, 6.45) is 74.2. The summed E-state index contributed by atoms with van der Waals surface area (Å²) >= 11 is 0. The monoisotopic (exact) mass is 1550 g/mol. The van der Waals surface area contributed by atoms with Crippen LogP contribution in [-0.4, -0.2) is 96.7 Å². The SMILES string of the molecule is CCCCCCCCCCCCCCCCCCCCCCCC(=O)OC[C@H](COP(=O)(O)OC[C@@H](O)COP(=O)(O)OC[C@@H](COC(=O)CCCCCCC)OC(=O)CCCCCCCCCCCCCCCCCCCC)OC(=O)CCCCCCCCCCCCCCCCCCCCC(C)CC. The number of ether oxygens (including phenoxy) is 4. The molecule has 3 N–H and O–H groups in total. The summed E-state index contributed by atoms with van der Waals surface area (Å²) in [5.41, 5.74) is 0. The highest BCUT2D eigenvalue weighted by atomic mass is 31.2. The predicted octanol–water partition coefficient (Wildman–Crippen LogP) is 26.8. The summed E-state index contributed by atoms with van der Waals surface area (Å²) in [5, 5.41) is 10.6. The Morgan fingerprint density at radius 3 is 0.670 bits per heavy atom. The van der Waals surface area contributed by atoms with Gasteiger partial charge in [0.15, 0.2) is 12.2 Å². The standard InChI is InChI=1S/C87H170O17P2/c1-6-10-13-16-18-20-22-24-26-28-30-31-32-37-40-44-48-52-56-61-66-71-85(90)98-77-83(104-87(92)73-68-63-58-54-50-46-42-38-34-33-35-39-43-47-51-55-60-64-69-80(5)9-4)79-102-106(95,96)100-75-81(88)74-99-105(93,94)101-78-82(76-97-84(89)70-65-59-15-12-8-3)103-86(91)72-67-62-57-53-49-45-41-36-29-27-25-23-21-19-17-14-11-7-2/h80-83,88H,6-79H2,1-5H3,(H,93,94)(H,95,96)/t80?,81-,82+,83+/m0/s1. The molecule has 630 valence electrons. The Hall–Kier alpha value is -1.94. The van der Waals surface area contributed by atoms with Crippen molar-refractivity contribution in [2.75, 3.05) is 39.6 Å².